The number of nitrogens with zero attached hydrogens (tertiary/aromatic N) is 4. The topological polar surface area (TPSA) is 46.0 Å². The first-order valence-corrected chi connectivity index (χ1v) is 8.57. The van der Waals surface area contributed by atoms with Crippen LogP contribution in [0.3, 0.4) is 0 Å². The maximum atomic E-state index is 4.73. The van der Waals surface area contributed by atoms with E-state index in [0.717, 1.165) is 23.4 Å². The zero-order valence-corrected chi connectivity index (χ0v) is 14.3. The fourth-order valence-corrected chi connectivity index (χ4v) is 4.15. The van der Waals surface area contributed by atoms with Crippen molar-refractivity contribution in [1.82, 2.24) is 14.5 Å². The van der Waals surface area contributed by atoms with Gasteiger partial charge in [0.1, 0.15) is 5.52 Å². The molecule has 1 N–H and O–H groups in total. The Labute approximate surface area is 139 Å². The van der Waals surface area contributed by atoms with Crippen LogP contribution in [0, 0.1) is 0 Å². The molecule has 1 aliphatic heterocycles. The standard InChI is InChI=1S/C17H19N5S/c1-11-22-9-8-13-15(22)16(20-17(18-2)19-13)21(3)10-12-6-4-5-7-14(12)23-11/h4-9,11H,10H2,1-3H3,(H,18,19,20). The van der Waals surface area contributed by atoms with E-state index in [0.29, 0.717) is 5.95 Å². The number of rotatable bonds is 1. The molecule has 118 valence electrons. The van der Waals surface area contributed by atoms with Gasteiger partial charge in [-0.2, -0.15) is 4.98 Å². The normalized spacial score (nSPS) is 17.3. The number of nitrogens with one attached hydrogen (secondary N) is 1. The third kappa shape index (κ3) is 2.34. The third-order valence-electron chi connectivity index (χ3n) is 4.20. The maximum absolute atomic E-state index is 4.73. The van der Waals surface area contributed by atoms with E-state index in [1.165, 1.54) is 10.5 Å². The second kappa shape index (κ2) is 5.45. The van der Waals surface area contributed by atoms with Crippen LogP contribution in [0.4, 0.5) is 11.8 Å². The predicted molar refractivity (Wildman–Crippen MR) is 96.2 cm³/mol. The average molecular weight is 325 g/mol. The number of thioether (sulfide) groups is 1. The summed E-state index contributed by atoms with van der Waals surface area (Å²) < 4.78 is 2.27. The van der Waals surface area contributed by atoms with E-state index < -0.39 is 0 Å². The maximum Gasteiger partial charge on any atom is 0.225 e. The molecular formula is C17H19N5S. The Morgan fingerprint density at radius 1 is 1.22 bits per heavy atom. The quantitative estimate of drug-likeness (QED) is 0.738. The molecule has 0 saturated carbocycles. The van der Waals surface area contributed by atoms with Gasteiger partial charge >= 0.3 is 0 Å². The lowest BCUT2D eigenvalue weighted by Gasteiger charge is -2.20. The van der Waals surface area contributed by atoms with Crippen molar-refractivity contribution in [3.63, 3.8) is 0 Å². The van der Waals surface area contributed by atoms with E-state index in [4.69, 9.17) is 4.98 Å². The van der Waals surface area contributed by atoms with Gasteiger partial charge in [0.25, 0.3) is 0 Å². The minimum Gasteiger partial charge on any atom is -0.357 e. The van der Waals surface area contributed by atoms with E-state index in [1.807, 2.05) is 18.8 Å². The molecule has 0 bridgehead atoms. The lowest BCUT2D eigenvalue weighted by atomic mass is 10.2. The van der Waals surface area contributed by atoms with Gasteiger partial charge in [0.05, 0.1) is 10.9 Å². The van der Waals surface area contributed by atoms with E-state index in [2.05, 4.69) is 70.3 Å². The average Bonchev–Trinajstić information content (AvgIpc) is 2.99. The SMILES string of the molecule is CNc1nc2c3c(ccn3C(C)Sc3ccccc3CN2C)n1. The molecule has 1 aliphatic rings. The van der Waals surface area contributed by atoms with Crippen LogP contribution in [0.1, 0.15) is 17.9 Å². The second-order valence-corrected chi connectivity index (χ2v) is 7.12. The molecule has 0 fully saturated rings. The number of hydrogen-bond acceptors (Lipinski definition) is 5. The minimum atomic E-state index is 0.280. The first kappa shape index (κ1) is 14.4. The van der Waals surface area contributed by atoms with Crippen molar-refractivity contribution in [2.24, 2.45) is 0 Å². The van der Waals surface area contributed by atoms with Crippen molar-refractivity contribution in [1.29, 1.82) is 0 Å². The van der Waals surface area contributed by atoms with Crippen molar-refractivity contribution in [3.05, 3.63) is 42.1 Å². The Bertz CT molecular complexity index is 873. The number of benzene rings is 1. The molecular weight excluding hydrogens is 306 g/mol. The molecule has 4 rings (SSSR count). The number of hydrogen-bond donors (Lipinski definition) is 1. The highest BCUT2D eigenvalue weighted by molar-refractivity contribution is 7.99. The molecule has 5 nitrogen and oxygen atoms in total. The molecule has 3 heterocycles. The van der Waals surface area contributed by atoms with Crippen molar-refractivity contribution in [2.45, 2.75) is 23.7 Å². The van der Waals surface area contributed by atoms with Crippen LogP contribution >= 0.6 is 11.8 Å². The molecule has 1 atom stereocenters. The molecule has 0 aliphatic carbocycles. The van der Waals surface area contributed by atoms with Crippen LogP contribution in [0.15, 0.2) is 41.4 Å². The van der Waals surface area contributed by atoms with Gasteiger partial charge in [-0.25, -0.2) is 4.98 Å². The smallest absolute Gasteiger partial charge is 0.225 e. The summed E-state index contributed by atoms with van der Waals surface area (Å²) in [5, 5.41) is 3.35. The van der Waals surface area contributed by atoms with Crippen molar-refractivity contribution in [2.75, 3.05) is 24.3 Å². The first-order valence-electron chi connectivity index (χ1n) is 7.69. The Hall–Kier alpha value is -2.21. The van der Waals surface area contributed by atoms with Crippen LogP contribution in [0.5, 0.6) is 0 Å². The summed E-state index contributed by atoms with van der Waals surface area (Å²) in [7, 11) is 3.95. The van der Waals surface area contributed by atoms with Crippen molar-refractivity contribution >= 4 is 34.6 Å². The molecule has 6 heteroatoms. The van der Waals surface area contributed by atoms with Gasteiger partial charge < -0.3 is 14.8 Å². The predicted octanol–water partition coefficient (Wildman–Crippen LogP) is 3.73. The van der Waals surface area contributed by atoms with E-state index >= 15 is 0 Å². The van der Waals surface area contributed by atoms with E-state index in [9.17, 15) is 0 Å². The van der Waals surface area contributed by atoms with Gasteiger partial charge in [0.15, 0.2) is 5.82 Å². The Morgan fingerprint density at radius 2 is 2.04 bits per heavy atom. The van der Waals surface area contributed by atoms with Gasteiger partial charge in [0.2, 0.25) is 5.95 Å². The van der Waals surface area contributed by atoms with Gasteiger partial charge in [-0.15, -0.1) is 11.8 Å². The molecule has 0 saturated heterocycles. The number of aromatic nitrogens is 3. The van der Waals surface area contributed by atoms with Gasteiger partial charge in [-0.1, -0.05) is 18.2 Å². The van der Waals surface area contributed by atoms with Crippen molar-refractivity contribution in [3.8, 4) is 0 Å². The molecule has 0 spiro atoms. The monoisotopic (exact) mass is 325 g/mol. The summed E-state index contributed by atoms with van der Waals surface area (Å²) in [6, 6.07) is 10.7. The molecule has 1 unspecified atom stereocenters. The third-order valence-corrected chi connectivity index (χ3v) is 5.42. The second-order valence-electron chi connectivity index (χ2n) is 5.76. The summed E-state index contributed by atoms with van der Waals surface area (Å²) in [5.41, 5.74) is 3.40. The first-order chi connectivity index (χ1) is 11.2. The van der Waals surface area contributed by atoms with Crippen LogP contribution in [0.25, 0.3) is 11.0 Å². The molecule has 0 radical (unpaired) electrons. The fourth-order valence-electron chi connectivity index (χ4n) is 3.05. The van der Waals surface area contributed by atoms with Crippen LogP contribution < -0.4 is 10.2 Å². The highest BCUT2D eigenvalue weighted by Crippen LogP contribution is 2.39. The Morgan fingerprint density at radius 3 is 2.87 bits per heavy atom. The van der Waals surface area contributed by atoms with Gasteiger partial charge in [-0.05, 0) is 24.6 Å². The number of fused-ring (bicyclic) bond motifs is 1. The summed E-state index contributed by atoms with van der Waals surface area (Å²) in [6.07, 6.45) is 2.11. The fraction of sp³-hybridized carbons (Fsp3) is 0.294. The summed E-state index contributed by atoms with van der Waals surface area (Å²) in [6.45, 7) is 3.05. The highest BCUT2D eigenvalue weighted by Gasteiger charge is 2.22. The summed E-state index contributed by atoms with van der Waals surface area (Å²) >= 11 is 1.88. The highest BCUT2D eigenvalue weighted by atomic mass is 32.2. The Kier molecular flexibility index (Phi) is 3.41. The largest absolute Gasteiger partial charge is 0.357 e. The van der Waals surface area contributed by atoms with Crippen molar-refractivity contribution < 1.29 is 0 Å². The van der Waals surface area contributed by atoms with Gasteiger partial charge in [-0.3, -0.25) is 0 Å². The zero-order chi connectivity index (χ0) is 16.0. The summed E-state index contributed by atoms with van der Waals surface area (Å²) in [4.78, 5) is 12.9. The number of anilines is 2. The van der Waals surface area contributed by atoms with E-state index in [-0.39, 0.29) is 5.37 Å². The lowest BCUT2D eigenvalue weighted by molar-refractivity contribution is 0.769. The van der Waals surface area contributed by atoms with Crippen LogP contribution in [-0.4, -0.2) is 28.6 Å². The molecule has 23 heavy (non-hydrogen) atoms. The lowest BCUT2D eigenvalue weighted by Crippen LogP contribution is -2.19. The zero-order valence-electron chi connectivity index (χ0n) is 13.4. The molecule has 1 aromatic carbocycles. The van der Waals surface area contributed by atoms with E-state index in [1.54, 1.807) is 0 Å². The molecule has 0 amide bonds. The van der Waals surface area contributed by atoms with Crippen LogP contribution in [-0.2, 0) is 6.54 Å². The van der Waals surface area contributed by atoms with Crippen LogP contribution in [0.2, 0.25) is 0 Å². The van der Waals surface area contributed by atoms with Gasteiger partial charge in [0, 0.05) is 31.7 Å². The Balaban J connectivity index is 1.97. The molecule has 3 aromatic rings. The summed E-state index contributed by atoms with van der Waals surface area (Å²) in [5.74, 6) is 1.62. The minimum absolute atomic E-state index is 0.280. The molecule has 2 aromatic heterocycles.